The van der Waals surface area contributed by atoms with Gasteiger partial charge < -0.3 is 19.1 Å². The van der Waals surface area contributed by atoms with Gasteiger partial charge >= 0.3 is 11.8 Å². The van der Waals surface area contributed by atoms with Crippen LogP contribution in [-0.4, -0.2) is 66.4 Å². The van der Waals surface area contributed by atoms with E-state index in [1.54, 1.807) is 43.4 Å². The first-order chi connectivity index (χ1) is 21.1. The van der Waals surface area contributed by atoms with Crippen LogP contribution in [0.15, 0.2) is 40.2 Å². The van der Waals surface area contributed by atoms with Crippen LogP contribution >= 0.6 is 11.6 Å². The summed E-state index contributed by atoms with van der Waals surface area (Å²) in [5.74, 6) is 0.452. The van der Waals surface area contributed by atoms with Gasteiger partial charge in [-0.05, 0) is 71.2 Å². The topological polar surface area (TPSA) is 115 Å². The highest BCUT2D eigenvalue weighted by atomic mass is 35.5. The summed E-state index contributed by atoms with van der Waals surface area (Å²) in [5.41, 5.74) is 2.98. The predicted octanol–water partition coefficient (Wildman–Crippen LogP) is 5.38. The zero-order valence-corrected chi connectivity index (χ0v) is 28.1. The first kappa shape index (κ1) is 32.2. The zero-order valence-electron chi connectivity index (χ0n) is 27.3. The van der Waals surface area contributed by atoms with Gasteiger partial charge in [-0.15, -0.1) is 0 Å². The molecule has 4 aromatic rings. The Morgan fingerprint density at radius 1 is 1.09 bits per heavy atom. The number of hydrogen-bond acceptors (Lipinski definition) is 8. The van der Waals surface area contributed by atoms with Gasteiger partial charge in [-0.1, -0.05) is 25.4 Å². The number of halogens is 1. The molecule has 5 rings (SSSR count). The molecular formula is C33H40ClN7O4. The monoisotopic (exact) mass is 633 g/mol. The van der Waals surface area contributed by atoms with Crippen LogP contribution in [0.4, 0.5) is 10.6 Å². The molecule has 4 aromatic heterocycles. The summed E-state index contributed by atoms with van der Waals surface area (Å²) in [6, 6.07) is 5.21. The summed E-state index contributed by atoms with van der Waals surface area (Å²) < 4.78 is 8.61. The normalized spacial score (nSPS) is 15.7. The lowest BCUT2D eigenvalue weighted by Crippen LogP contribution is -2.55. The molecule has 1 fully saturated rings. The Balaban J connectivity index is 1.74. The first-order valence-corrected chi connectivity index (χ1v) is 15.5. The summed E-state index contributed by atoms with van der Waals surface area (Å²) in [6.07, 6.45) is 3.04. The molecule has 1 aliphatic heterocycles. The van der Waals surface area contributed by atoms with E-state index < -0.39 is 11.3 Å². The Hall–Kier alpha value is -4.25. The largest absolute Gasteiger partial charge is 0.444 e. The fraction of sp³-hybridized carbons (Fsp3) is 0.455. The molecule has 45 heavy (non-hydrogen) atoms. The Kier molecular flexibility index (Phi) is 8.52. The van der Waals surface area contributed by atoms with Crippen molar-refractivity contribution in [3.63, 3.8) is 0 Å². The number of ether oxygens (including phenoxy) is 1. The highest BCUT2D eigenvalue weighted by Gasteiger charge is 2.33. The van der Waals surface area contributed by atoms with E-state index in [1.165, 1.54) is 9.13 Å². The van der Waals surface area contributed by atoms with Crippen molar-refractivity contribution in [2.24, 2.45) is 7.05 Å². The third kappa shape index (κ3) is 6.18. The van der Waals surface area contributed by atoms with Crippen molar-refractivity contribution >= 4 is 34.5 Å². The number of amides is 1. The van der Waals surface area contributed by atoms with Crippen molar-refractivity contribution in [3.05, 3.63) is 73.3 Å². The van der Waals surface area contributed by atoms with Gasteiger partial charge in [0, 0.05) is 56.2 Å². The second-order valence-corrected chi connectivity index (χ2v) is 13.5. The molecule has 12 heteroatoms. The number of piperazine rings is 1. The maximum Gasteiger partial charge on any atom is 0.410 e. The number of fused-ring (bicyclic) bond motifs is 1. The van der Waals surface area contributed by atoms with Gasteiger partial charge in [-0.2, -0.15) is 4.98 Å². The molecule has 5 heterocycles. The van der Waals surface area contributed by atoms with E-state index in [9.17, 15) is 14.4 Å². The smallest absolute Gasteiger partial charge is 0.410 e. The molecule has 1 atom stereocenters. The second-order valence-electron chi connectivity index (χ2n) is 13.1. The minimum Gasteiger partial charge on any atom is -0.444 e. The minimum atomic E-state index is -0.608. The third-order valence-electron chi connectivity index (χ3n) is 7.91. The molecule has 238 valence electrons. The Bertz CT molecular complexity index is 1900. The van der Waals surface area contributed by atoms with Crippen molar-refractivity contribution in [1.29, 1.82) is 0 Å². The molecule has 1 saturated heterocycles. The first-order valence-electron chi connectivity index (χ1n) is 15.1. The third-order valence-corrected chi connectivity index (χ3v) is 8.20. The lowest BCUT2D eigenvalue weighted by Gasteiger charge is -2.41. The molecule has 1 aliphatic rings. The standard InChI is InChI=1S/C33H40ClN7O4/c1-18(2)25-27(19(3)10-11-35-25)41-29-23(15-24(34)26(36-29)22-14-20(4)30(42)38(9)17-22)28(37-31(41)43)40-13-12-39(16-21(40)5)32(44)45-33(6,7)8/h10-11,14-15,17-18,21H,12-13,16H2,1-9H3/t21-/m0/s1. The number of aryl methyl sites for hydroxylation is 3. The summed E-state index contributed by atoms with van der Waals surface area (Å²) in [4.78, 5) is 57.4. The van der Waals surface area contributed by atoms with E-state index in [1.807, 2.05) is 59.4 Å². The summed E-state index contributed by atoms with van der Waals surface area (Å²) in [6.45, 7) is 16.4. The van der Waals surface area contributed by atoms with Crippen LogP contribution in [0.5, 0.6) is 0 Å². The van der Waals surface area contributed by atoms with Gasteiger partial charge in [0.05, 0.1) is 27.5 Å². The molecule has 0 unspecified atom stereocenters. The Labute approximate surface area is 267 Å². The lowest BCUT2D eigenvalue weighted by atomic mass is 10.0. The lowest BCUT2D eigenvalue weighted by molar-refractivity contribution is 0.0218. The number of carbonyl (C=O) groups is 1. The maximum absolute atomic E-state index is 14.1. The van der Waals surface area contributed by atoms with Crippen molar-refractivity contribution < 1.29 is 9.53 Å². The molecule has 0 aromatic carbocycles. The van der Waals surface area contributed by atoms with Crippen LogP contribution in [0.1, 0.15) is 64.3 Å². The maximum atomic E-state index is 14.1. The van der Waals surface area contributed by atoms with Gasteiger partial charge in [0.25, 0.3) is 5.56 Å². The highest BCUT2D eigenvalue weighted by molar-refractivity contribution is 6.33. The average molecular weight is 634 g/mol. The highest BCUT2D eigenvalue weighted by Crippen LogP contribution is 2.35. The van der Waals surface area contributed by atoms with E-state index in [0.717, 1.165) is 11.3 Å². The SMILES string of the molecule is Cc1ccnc(C(C)C)c1-n1c(=O)nc(N2CCN(C(=O)OC(C)(C)C)C[C@@H]2C)c2cc(Cl)c(-c3cc(C)c(=O)n(C)c3)nc21. The summed E-state index contributed by atoms with van der Waals surface area (Å²) >= 11 is 6.94. The number of anilines is 1. The molecule has 0 N–H and O–H groups in total. The average Bonchev–Trinajstić information content (AvgIpc) is 2.94. The Morgan fingerprint density at radius 3 is 2.42 bits per heavy atom. The van der Waals surface area contributed by atoms with Gasteiger partial charge in [0.15, 0.2) is 5.65 Å². The number of pyridine rings is 3. The van der Waals surface area contributed by atoms with Crippen LogP contribution in [0.2, 0.25) is 5.02 Å². The summed E-state index contributed by atoms with van der Waals surface area (Å²) in [7, 11) is 1.68. The van der Waals surface area contributed by atoms with Crippen LogP contribution in [0, 0.1) is 13.8 Å². The van der Waals surface area contributed by atoms with Gasteiger partial charge in [0.1, 0.15) is 11.4 Å². The van der Waals surface area contributed by atoms with Crippen molar-refractivity contribution in [3.8, 4) is 16.9 Å². The minimum absolute atomic E-state index is 0.0144. The van der Waals surface area contributed by atoms with E-state index in [0.29, 0.717) is 64.0 Å². The van der Waals surface area contributed by atoms with Crippen LogP contribution in [0.3, 0.4) is 0 Å². The van der Waals surface area contributed by atoms with Crippen molar-refractivity contribution in [2.45, 2.75) is 73.0 Å². The molecule has 0 saturated carbocycles. The fourth-order valence-corrected chi connectivity index (χ4v) is 6.05. The van der Waals surface area contributed by atoms with E-state index >= 15 is 0 Å². The van der Waals surface area contributed by atoms with E-state index in [-0.39, 0.29) is 23.6 Å². The molecule has 0 radical (unpaired) electrons. The van der Waals surface area contributed by atoms with Crippen LogP contribution in [0.25, 0.3) is 28.0 Å². The van der Waals surface area contributed by atoms with E-state index in [4.69, 9.17) is 21.3 Å². The quantitative estimate of drug-likeness (QED) is 0.294. The molecule has 0 aliphatic carbocycles. The number of rotatable bonds is 4. The predicted molar refractivity (Wildman–Crippen MR) is 177 cm³/mol. The molecule has 1 amide bonds. The van der Waals surface area contributed by atoms with Crippen molar-refractivity contribution in [1.82, 2.24) is 29.0 Å². The van der Waals surface area contributed by atoms with Gasteiger partial charge in [-0.3, -0.25) is 9.78 Å². The Morgan fingerprint density at radius 2 is 1.80 bits per heavy atom. The van der Waals surface area contributed by atoms with Gasteiger partial charge in [-0.25, -0.2) is 19.1 Å². The fourth-order valence-electron chi connectivity index (χ4n) is 5.79. The molecular weight excluding hydrogens is 594 g/mol. The van der Waals surface area contributed by atoms with Crippen molar-refractivity contribution in [2.75, 3.05) is 24.5 Å². The number of carbonyl (C=O) groups excluding carboxylic acids is 1. The number of aromatic nitrogens is 5. The number of nitrogens with zero attached hydrogens (tertiary/aromatic N) is 7. The van der Waals surface area contributed by atoms with E-state index in [2.05, 4.69) is 9.97 Å². The number of hydrogen-bond donors (Lipinski definition) is 0. The van der Waals surface area contributed by atoms with Gasteiger partial charge in [0.2, 0.25) is 0 Å². The molecule has 11 nitrogen and oxygen atoms in total. The summed E-state index contributed by atoms with van der Waals surface area (Å²) in [5, 5.41) is 0.932. The van der Waals surface area contributed by atoms with Crippen LogP contribution < -0.4 is 16.1 Å². The zero-order chi connectivity index (χ0) is 33.0. The van der Waals surface area contributed by atoms with Crippen LogP contribution in [-0.2, 0) is 11.8 Å². The molecule has 0 bridgehead atoms. The molecule has 0 spiro atoms. The second kappa shape index (κ2) is 11.9.